The van der Waals surface area contributed by atoms with Crippen LogP contribution in [0.25, 0.3) is 17.1 Å². The van der Waals surface area contributed by atoms with Crippen LogP contribution in [0.1, 0.15) is 46.1 Å². The highest BCUT2D eigenvalue weighted by molar-refractivity contribution is 7.99. The molecular weight excluding hydrogens is 420 g/mol. The van der Waals surface area contributed by atoms with Gasteiger partial charge in [-0.05, 0) is 48.6 Å². The van der Waals surface area contributed by atoms with Crippen molar-refractivity contribution >= 4 is 17.7 Å². The van der Waals surface area contributed by atoms with Crippen LogP contribution in [0.2, 0.25) is 0 Å². The van der Waals surface area contributed by atoms with Gasteiger partial charge in [0.1, 0.15) is 5.75 Å². The number of rotatable bonds is 7. The third kappa shape index (κ3) is 4.99. The van der Waals surface area contributed by atoms with Crippen molar-refractivity contribution in [2.45, 2.75) is 57.1 Å². The molecule has 0 bridgehead atoms. The van der Waals surface area contributed by atoms with Crippen molar-refractivity contribution in [2.24, 2.45) is 0 Å². The molecule has 0 saturated carbocycles. The maximum absolute atomic E-state index is 11.6. The van der Waals surface area contributed by atoms with Crippen LogP contribution >= 0.6 is 11.8 Å². The van der Waals surface area contributed by atoms with Gasteiger partial charge < -0.3 is 10.1 Å². The Morgan fingerprint density at radius 2 is 1.81 bits per heavy atom. The lowest BCUT2D eigenvalue weighted by Crippen LogP contribution is -2.27. The zero-order chi connectivity index (χ0) is 22.7. The summed E-state index contributed by atoms with van der Waals surface area (Å²) in [5, 5.41) is 12.9. The summed E-state index contributed by atoms with van der Waals surface area (Å²) in [5.41, 5.74) is 3.36. The summed E-state index contributed by atoms with van der Waals surface area (Å²) < 4.78 is 7.69. The minimum absolute atomic E-state index is 0.0913. The molecule has 1 aliphatic heterocycles. The largest absolute Gasteiger partial charge is 0.494 e. The molecule has 2 aromatic carbocycles. The average molecular weight is 451 g/mol. The molecule has 0 aliphatic carbocycles. The Bertz CT molecular complexity index is 1070. The molecule has 1 atom stereocenters. The molecule has 32 heavy (non-hydrogen) atoms. The fourth-order valence-electron chi connectivity index (χ4n) is 3.74. The standard InChI is InChI=1S/C25H30N4O2S/c1-5-31-21-13-11-20(12-14-21)29-23(17-6-8-18(9-7-17)25(2,3)4)27-28-24(29)32-16-19-10-15-22(30)26-19/h6-9,11-14,19H,5,10,15-16H2,1-4H3,(H,26,30). The number of carbonyl (C=O) groups excluding carboxylic acids is 1. The Labute approximate surface area is 193 Å². The summed E-state index contributed by atoms with van der Waals surface area (Å²) >= 11 is 1.62. The molecule has 6 nitrogen and oxygen atoms in total. The molecular formula is C25H30N4O2S. The van der Waals surface area contributed by atoms with Crippen molar-refractivity contribution in [1.82, 2.24) is 20.1 Å². The fraction of sp³-hybridized carbons (Fsp3) is 0.400. The third-order valence-corrected chi connectivity index (χ3v) is 6.64. The number of ether oxygens (including phenoxy) is 1. The summed E-state index contributed by atoms with van der Waals surface area (Å²) in [6, 6.07) is 16.7. The normalized spacial score (nSPS) is 16.2. The van der Waals surface area contributed by atoms with Crippen molar-refractivity contribution in [3.05, 3.63) is 54.1 Å². The van der Waals surface area contributed by atoms with E-state index in [9.17, 15) is 4.79 Å². The molecule has 2 heterocycles. The van der Waals surface area contributed by atoms with E-state index in [1.165, 1.54) is 5.56 Å². The zero-order valence-corrected chi connectivity index (χ0v) is 19.9. The zero-order valence-electron chi connectivity index (χ0n) is 19.1. The van der Waals surface area contributed by atoms with Crippen LogP contribution in [0, 0.1) is 0 Å². The van der Waals surface area contributed by atoms with Crippen LogP contribution in [0.5, 0.6) is 5.75 Å². The summed E-state index contributed by atoms with van der Waals surface area (Å²) in [5.74, 6) is 2.53. The maximum Gasteiger partial charge on any atom is 0.220 e. The highest BCUT2D eigenvalue weighted by atomic mass is 32.2. The number of hydrogen-bond acceptors (Lipinski definition) is 5. The van der Waals surface area contributed by atoms with Crippen LogP contribution in [0.3, 0.4) is 0 Å². The number of nitrogens with one attached hydrogen (secondary N) is 1. The molecule has 1 unspecified atom stereocenters. The van der Waals surface area contributed by atoms with Crippen molar-refractivity contribution in [2.75, 3.05) is 12.4 Å². The lowest BCUT2D eigenvalue weighted by atomic mass is 9.87. The van der Waals surface area contributed by atoms with E-state index in [4.69, 9.17) is 4.74 Å². The van der Waals surface area contributed by atoms with Gasteiger partial charge in [0.2, 0.25) is 5.91 Å². The number of carbonyl (C=O) groups is 1. The van der Waals surface area contributed by atoms with Gasteiger partial charge in [0.25, 0.3) is 0 Å². The Morgan fingerprint density at radius 3 is 2.41 bits per heavy atom. The number of benzene rings is 2. The van der Waals surface area contributed by atoms with Gasteiger partial charge in [0, 0.05) is 29.5 Å². The quantitative estimate of drug-likeness (QED) is 0.513. The molecule has 1 amide bonds. The van der Waals surface area contributed by atoms with Gasteiger partial charge in [-0.15, -0.1) is 10.2 Å². The lowest BCUT2D eigenvalue weighted by Gasteiger charge is -2.19. The summed E-state index contributed by atoms with van der Waals surface area (Å²) in [7, 11) is 0. The minimum Gasteiger partial charge on any atom is -0.494 e. The summed E-state index contributed by atoms with van der Waals surface area (Å²) in [6.07, 6.45) is 1.46. The monoisotopic (exact) mass is 450 g/mol. The molecule has 3 aromatic rings. The van der Waals surface area contributed by atoms with Crippen molar-refractivity contribution in [3.8, 4) is 22.8 Å². The van der Waals surface area contributed by atoms with Gasteiger partial charge in [0.05, 0.1) is 6.61 Å². The van der Waals surface area contributed by atoms with Crippen LogP contribution in [0.4, 0.5) is 0 Å². The predicted molar refractivity (Wildman–Crippen MR) is 129 cm³/mol. The van der Waals surface area contributed by atoms with Gasteiger partial charge in [-0.3, -0.25) is 9.36 Å². The first-order valence-electron chi connectivity index (χ1n) is 11.1. The number of amides is 1. The molecule has 168 valence electrons. The van der Waals surface area contributed by atoms with Gasteiger partial charge in [-0.1, -0.05) is 56.8 Å². The first-order valence-corrected chi connectivity index (χ1v) is 12.1. The van der Waals surface area contributed by atoms with Crippen LogP contribution in [-0.2, 0) is 10.2 Å². The Balaban J connectivity index is 1.67. The summed E-state index contributed by atoms with van der Waals surface area (Å²) in [6.45, 7) is 9.23. The van der Waals surface area contributed by atoms with Crippen LogP contribution in [0.15, 0.2) is 53.7 Å². The molecule has 1 aliphatic rings. The Morgan fingerprint density at radius 1 is 1.09 bits per heavy atom. The highest BCUT2D eigenvalue weighted by Crippen LogP contribution is 2.31. The number of hydrogen-bond donors (Lipinski definition) is 1. The van der Waals surface area contributed by atoms with Crippen molar-refractivity contribution < 1.29 is 9.53 Å². The number of thioether (sulfide) groups is 1. The average Bonchev–Trinajstić information content (AvgIpc) is 3.38. The van der Waals surface area contributed by atoms with Gasteiger partial charge in [-0.2, -0.15) is 0 Å². The Hall–Kier alpha value is -2.80. The molecule has 1 aromatic heterocycles. The number of aromatic nitrogens is 3. The van der Waals surface area contributed by atoms with Gasteiger partial charge in [0.15, 0.2) is 11.0 Å². The Kier molecular flexibility index (Phi) is 6.55. The maximum atomic E-state index is 11.6. The van der Waals surface area contributed by atoms with E-state index in [0.29, 0.717) is 13.0 Å². The SMILES string of the molecule is CCOc1ccc(-n2c(SCC3CCC(=O)N3)nnc2-c2ccc(C(C)(C)C)cc2)cc1. The van der Waals surface area contributed by atoms with E-state index in [0.717, 1.165) is 40.2 Å². The topological polar surface area (TPSA) is 69.0 Å². The van der Waals surface area contributed by atoms with Crippen LogP contribution < -0.4 is 10.1 Å². The molecule has 0 radical (unpaired) electrons. The third-order valence-electron chi connectivity index (χ3n) is 5.55. The lowest BCUT2D eigenvalue weighted by molar-refractivity contribution is -0.119. The second-order valence-corrected chi connectivity index (χ2v) is 10.00. The van der Waals surface area contributed by atoms with Crippen molar-refractivity contribution in [1.29, 1.82) is 0 Å². The molecule has 1 saturated heterocycles. The van der Waals surface area contributed by atoms with E-state index in [2.05, 4.69) is 65.1 Å². The molecule has 0 spiro atoms. The second-order valence-electron chi connectivity index (χ2n) is 9.01. The number of nitrogens with zero attached hydrogens (tertiary/aromatic N) is 3. The molecule has 7 heteroatoms. The smallest absolute Gasteiger partial charge is 0.220 e. The van der Waals surface area contributed by atoms with Crippen molar-refractivity contribution in [3.63, 3.8) is 0 Å². The fourth-order valence-corrected chi connectivity index (χ4v) is 4.76. The predicted octanol–water partition coefficient (Wildman–Crippen LogP) is 5.00. The minimum atomic E-state index is 0.0913. The van der Waals surface area contributed by atoms with Gasteiger partial charge >= 0.3 is 0 Å². The van der Waals surface area contributed by atoms with E-state index < -0.39 is 0 Å². The van der Waals surface area contributed by atoms with E-state index in [-0.39, 0.29) is 17.4 Å². The van der Waals surface area contributed by atoms with E-state index in [1.54, 1.807) is 11.8 Å². The van der Waals surface area contributed by atoms with E-state index in [1.807, 2.05) is 31.2 Å². The highest BCUT2D eigenvalue weighted by Gasteiger charge is 2.23. The van der Waals surface area contributed by atoms with Gasteiger partial charge in [-0.25, -0.2) is 0 Å². The molecule has 1 fully saturated rings. The molecule has 4 rings (SSSR count). The first kappa shape index (κ1) is 22.4. The first-order chi connectivity index (χ1) is 15.3. The summed E-state index contributed by atoms with van der Waals surface area (Å²) in [4.78, 5) is 11.6. The molecule has 1 N–H and O–H groups in total. The van der Waals surface area contributed by atoms with Crippen LogP contribution in [-0.4, -0.2) is 39.1 Å². The second kappa shape index (κ2) is 9.36. The van der Waals surface area contributed by atoms with E-state index >= 15 is 0 Å².